The van der Waals surface area contributed by atoms with E-state index in [0.717, 1.165) is 116 Å². The number of allylic oxidation sites excluding steroid dienone is 8. The van der Waals surface area contributed by atoms with Gasteiger partial charge in [-0.25, -0.2) is 0 Å². The van der Waals surface area contributed by atoms with Crippen molar-refractivity contribution in [1.29, 1.82) is 63.1 Å². The van der Waals surface area contributed by atoms with Crippen molar-refractivity contribution in [2.24, 2.45) is 0 Å². The molecule has 19 heteroatoms. The van der Waals surface area contributed by atoms with Gasteiger partial charge in [-0.05, 0) is 136 Å². The number of unbranched alkanes of at least 4 members (excludes halogenated alkanes) is 4. The lowest BCUT2D eigenvalue weighted by atomic mass is 9.97. The van der Waals surface area contributed by atoms with Gasteiger partial charge in [-0.1, -0.05) is 53.4 Å². The molecule has 6 rings (SSSR count). The van der Waals surface area contributed by atoms with Gasteiger partial charge in [-0.3, -0.25) is 0 Å². The SMILES string of the molecule is CC(C)=O.CCCCc1c(-c2ccc(C(C#N)=C(C#N)C#N)s2)sc(-c2ccc(C(C#N)=C(C#N)C#N)s2)c1CCCC.CCCCc1c(-c2ccc(C(C#N)=C(C#N)C#N)s2)sc(-c2ccc(C(C#N)=C(C#N)C#N)s2)c1CCCC. The molecule has 0 fully saturated rings. The minimum atomic E-state index is -0.200. The van der Waals surface area contributed by atoms with Crippen LogP contribution in [0.2, 0.25) is 0 Å². The van der Waals surface area contributed by atoms with Crippen molar-refractivity contribution in [3.63, 3.8) is 0 Å². The van der Waals surface area contributed by atoms with Crippen LogP contribution in [-0.4, -0.2) is 5.78 Å². The van der Waals surface area contributed by atoms with Crippen molar-refractivity contribution in [1.82, 2.24) is 0 Å². The van der Waals surface area contributed by atoms with E-state index in [4.69, 9.17) is 0 Å². The summed E-state index contributed by atoms with van der Waals surface area (Å²) in [7, 11) is 0. The average molecular weight is 1180 g/mol. The minimum Gasteiger partial charge on any atom is -0.300 e. The van der Waals surface area contributed by atoms with Crippen LogP contribution >= 0.6 is 68.0 Å². The monoisotopic (exact) mass is 1180 g/mol. The van der Waals surface area contributed by atoms with Crippen LogP contribution in [0.5, 0.6) is 0 Å². The Morgan fingerprint density at radius 1 is 0.317 bits per heavy atom. The van der Waals surface area contributed by atoms with Crippen LogP contribution in [0, 0.1) is 136 Å². The van der Waals surface area contributed by atoms with Crippen LogP contribution in [0.1, 0.15) is 135 Å². The van der Waals surface area contributed by atoms with Crippen molar-refractivity contribution >= 4 is 96.1 Å². The van der Waals surface area contributed by atoms with Crippen molar-refractivity contribution in [2.75, 3.05) is 0 Å². The minimum absolute atomic E-state index is 0.0823. The van der Waals surface area contributed by atoms with Crippen molar-refractivity contribution in [3.8, 4) is 112 Å². The van der Waals surface area contributed by atoms with E-state index >= 15 is 0 Å². The summed E-state index contributed by atoms with van der Waals surface area (Å²) in [6.07, 6.45) is 11.8. The summed E-state index contributed by atoms with van der Waals surface area (Å²) >= 11 is 8.92. The summed E-state index contributed by atoms with van der Waals surface area (Å²) in [4.78, 5) is 20.1. The first kappa shape index (κ1) is 65.2. The van der Waals surface area contributed by atoms with Crippen molar-refractivity contribution in [3.05, 3.63) is 113 Å². The zero-order chi connectivity index (χ0) is 60.3. The second-order valence-electron chi connectivity index (χ2n) is 17.8. The average Bonchev–Trinajstić information content (AvgIpc) is 4.57. The summed E-state index contributed by atoms with van der Waals surface area (Å²) in [5.41, 5.74) is 4.60. The van der Waals surface area contributed by atoms with Crippen LogP contribution in [0.15, 0.2) is 70.8 Å². The Kier molecular flexibility index (Phi) is 26.5. The molecule has 6 aromatic heterocycles. The van der Waals surface area contributed by atoms with Gasteiger partial charge in [-0.15, -0.1) is 68.0 Å². The van der Waals surface area contributed by atoms with E-state index in [1.54, 1.807) is 46.9 Å². The Labute approximate surface area is 503 Å². The van der Waals surface area contributed by atoms with Crippen LogP contribution < -0.4 is 0 Å². The predicted octanol–water partition coefficient (Wildman–Crippen LogP) is 17.7. The van der Waals surface area contributed by atoms with E-state index in [2.05, 4.69) is 27.7 Å². The number of nitriles is 12. The highest BCUT2D eigenvalue weighted by Gasteiger charge is 2.26. The van der Waals surface area contributed by atoms with Gasteiger partial charge in [0.25, 0.3) is 0 Å². The first-order valence-corrected chi connectivity index (χ1v) is 30.6. The lowest BCUT2D eigenvalue weighted by Crippen LogP contribution is -1.94. The summed E-state index contributed by atoms with van der Waals surface area (Å²) in [6.45, 7) is 11.7. The molecule has 0 aliphatic heterocycles. The first-order chi connectivity index (χ1) is 39.7. The quantitative estimate of drug-likeness (QED) is 0.0643. The van der Waals surface area contributed by atoms with Gasteiger partial charge >= 0.3 is 0 Å². The molecule has 0 aromatic carbocycles. The Morgan fingerprint density at radius 2 is 0.500 bits per heavy atom. The molecule has 0 aliphatic carbocycles. The number of carbonyl (C=O) groups is 1. The molecule has 6 heterocycles. The number of nitrogens with zero attached hydrogens (tertiary/aromatic N) is 12. The molecule has 0 radical (unpaired) electrons. The molecule has 0 aliphatic rings. The molecule has 0 bridgehead atoms. The topological polar surface area (TPSA) is 303 Å². The number of thiophene rings is 6. The highest BCUT2D eigenvalue weighted by Crippen LogP contribution is 2.50. The Hall–Kier alpha value is -9.29. The molecule has 0 unspecified atom stereocenters. The summed E-state index contributed by atoms with van der Waals surface area (Å²) < 4.78 is 0. The zero-order valence-corrected chi connectivity index (χ0v) is 50.7. The van der Waals surface area contributed by atoms with Crippen LogP contribution in [0.4, 0.5) is 0 Å². The van der Waals surface area contributed by atoms with Gasteiger partial charge in [0.05, 0.1) is 22.3 Å². The van der Waals surface area contributed by atoms with E-state index in [1.807, 2.05) is 97.1 Å². The maximum atomic E-state index is 9.63. The van der Waals surface area contributed by atoms with E-state index in [0.29, 0.717) is 19.5 Å². The number of hydrogen-bond acceptors (Lipinski definition) is 19. The maximum absolute atomic E-state index is 9.63. The molecule has 0 N–H and O–H groups in total. The molecule has 0 spiro atoms. The molecule has 0 amide bonds. The van der Waals surface area contributed by atoms with Crippen LogP contribution in [0.25, 0.3) is 61.3 Å². The van der Waals surface area contributed by atoms with Gasteiger partial charge in [0.15, 0.2) is 0 Å². The van der Waals surface area contributed by atoms with Gasteiger partial charge in [0.2, 0.25) is 0 Å². The van der Waals surface area contributed by atoms with Gasteiger partial charge in [0, 0.05) is 58.5 Å². The Bertz CT molecular complexity index is 3460. The summed E-state index contributed by atoms with van der Waals surface area (Å²) in [5, 5.41) is 113. The number of hydrogen-bond donors (Lipinski definition) is 0. The van der Waals surface area contributed by atoms with Crippen molar-refractivity contribution < 1.29 is 4.79 Å². The first-order valence-electron chi connectivity index (χ1n) is 25.7. The molecular formula is C63H50N12OS6. The van der Waals surface area contributed by atoms with Gasteiger partial charge in [0.1, 0.15) is 101 Å². The summed E-state index contributed by atoms with van der Waals surface area (Å²) in [6, 6.07) is 37.6. The molecular weight excluding hydrogens is 1130 g/mol. The molecule has 0 saturated carbocycles. The van der Waals surface area contributed by atoms with Crippen LogP contribution in [-0.2, 0) is 30.5 Å². The Morgan fingerprint density at radius 3 is 0.646 bits per heavy atom. The third-order valence-electron chi connectivity index (χ3n) is 12.0. The number of carbonyl (C=O) groups excluding carboxylic acids is 1. The smallest absolute Gasteiger partial charge is 0.148 e. The molecule has 13 nitrogen and oxygen atoms in total. The fraction of sp³-hybridized carbons (Fsp3) is 0.286. The fourth-order valence-corrected chi connectivity index (χ4v) is 15.5. The zero-order valence-electron chi connectivity index (χ0n) is 45.8. The van der Waals surface area contributed by atoms with E-state index < -0.39 is 0 Å². The molecule has 0 saturated heterocycles. The Balaban J connectivity index is 0.000000331. The number of Topliss-reactive ketones (excluding diaryl/α,β-unsaturated/α-hetero) is 1. The number of ketones is 1. The third kappa shape index (κ3) is 16.0. The van der Waals surface area contributed by atoms with E-state index in [-0.39, 0.29) is 50.4 Å². The number of rotatable bonds is 20. The summed E-state index contributed by atoms with van der Waals surface area (Å²) in [5.74, 6) is 0.167. The van der Waals surface area contributed by atoms with Crippen LogP contribution in [0.3, 0.4) is 0 Å². The van der Waals surface area contributed by atoms with Gasteiger partial charge in [-0.2, -0.15) is 63.1 Å². The van der Waals surface area contributed by atoms with Gasteiger partial charge < -0.3 is 4.79 Å². The molecule has 6 aromatic rings. The predicted molar refractivity (Wildman–Crippen MR) is 328 cm³/mol. The lowest BCUT2D eigenvalue weighted by molar-refractivity contribution is -0.115. The highest BCUT2D eigenvalue weighted by atomic mass is 32.1. The second kappa shape index (κ2) is 33.3. The standard InChI is InChI=1S/2C30H22N6S3.C3H6O/c2*1-3-5-7-21-22(8-6-4-2)30(28-12-10-26(38-28)24(18-36)20(15-33)16-34)39-29(21)27-11-9-25(37-27)23(17-35)19(13-31)14-32;1-3(2)4/h2*9-12H,3-8H2,1-2H3;1-2H3. The van der Waals surface area contributed by atoms with Crippen molar-refractivity contribution in [2.45, 2.75) is 119 Å². The van der Waals surface area contributed by atoms with E-state index in [1.165, 1.54) is 81.4 Å². The maximum Gasteiger partial charge on any atom is 0.148 e. The molecule has 82 heavy (non-hydrogen) atoms. The lowest BCUT2D eigenvalue weighted by Gasteiger charge is -2.08. The molecule has 0 atom stereocenters. The highest BCUT2D eigenvalue weighted by molar-refractivity contribution is 7.28. The van der Waals surface area contributed by atoms with E-state index in [9.17, 15) is 67.9 Å². The third-order valence-corrected chi connectivity index (χ3v) is 19.7. The normalized spacial score (nSPS) is 9.59. The largest absolute Gasteiger partial charge is 0.300 e. The fourth-order valence-electron chi connectivity index (χ4n) is 8.13. The molecule has 404 valence electrons. The second-order valence-corrected chi connectivity index (χ2v) is 24.1.